The number of aromatic hydroxyl groups is 1. The summed E-state index contributed by atoms with van der Waals surface area (Å²) in [5, 5.41) is 13.6. The minimum absolute atomic E-state index is 0.0482. The molecular weight excluding hydrogens is 272 g/mol. The number of methoxy groups -OCH3 is 1. The molecule has 0 spiro atoms. The molecule has 6 nitrogen and oxygen atoms in total. The molecule has 0 aliphatic heterocycles. The van der Waals surface area contributed by atoms with Crippen molar-refractivity contribution in [1.29, 1.82) is 0 Å². The van der Waals surface area contributed by atoms with Gasteiger partial charge < -0.3 is 14.3 Å². The Morgan fingerprint density at radius 2 is 2.14 bits per heavy atom. The van der Waals surface area contributed by atoms with Crippen LogP contribution in [0.4, 0.5) is 0 Å². The van der Waals surface area contributed by atoms with Crippen molar-refractivity contribution in [2.24, 2.45) is 5.10 Å². The highest BCUT2D eigenvalue weighted by atomic mass is 16.5. The van der Waals surface area contributed by atoms with Gasteiger partial charge in [0.05, 0.1) is 24.6 Å². The lowest BCUT2D eigenvalue weighted by molar-refractivity contribution is 0.0953. The number of furan rings is 1. The van der Waals surface area contributed by atoms with Crippen molar-refractivity contribution in [2.75, 3.05) is 7.11 Å². The Morgan fingerprint density at radius 1 is 1.38 bits per heavy atom. The number of rotatable bonds is 4. The van der Waals surface area contributed by atoms with Gasteiger partial charge in [-0.05, 0) is 38.1 Å². The summed E-state index contributed by atoms with van der Waals surface area (Å²) in [6.07, 6.45) is 1.45. The highest BCUT2D eigenvalue weighted by Crippen LogP contribution is 2.26. The summed E-state index contributed by atoms with van der Waals surface area (Å²) in [6, 6.07) is 6.42. The van der Waals surface area contributed by atoms with Crippen molar-refractivity contribution in [1.82, 2.24) is 5.43 Å². The second-order valence-corrected chi connectivity index (χ2v) is 4.42. The van der Waals surface area contributed by atoms with E-state index in [-0.39, 0.29) is 11.7 Å². The average Bonchev–Trinajstić information content (AvgIpc) is 2.91. The molecule has 0 unspecified atom stereocenters. The molecule has 1 heterocycles. The molecule has 1 aromatic carbocycles. The quantitative estimate of drug-likeness (QED) is 0.668. The van der Waals surface area contributed by atoms with E-state index >= 15 is 0 Å². The van der Waals surface area contributed by atoms with E-state index < -0.39 is 0 Å². The van der Waals surface area contributed by atoms with E-state index in [9.17, 15) is 9.90 Å². The largest absolute Gasteiger partial charge is 0.504 e. The first-order valence-corrected chi connectivity index (χ1v) is 6.29. The first kappa shape index (κ1) is 14.6. The molecule has 0 bridgehead atoms. The van der Waals surface area contributed by atoms with Crippen LogP contribution in [0.5, 0.6) is 11.5 Å². The van der Waals surface area contributed by atoms with Gasteiger partial charge in [0.2, 0.25) is 0 Å². The lowest BCUT2D eigenvalue weighted by Crippen LogP contribution is -2.19. The zero-order chi connectivity index (χ0) is 15.4. The van der Waals surface area contributed by atoms with Crippen LogP contribution in [0, 0.1) is 6.92 Å². The Balaban J connectivity index is 2.14. The molecule has 0 atom stereocenters. The summed E-state index contributed by atoms with van der Waals surface area (Å²) in [5.41, 5.74) is 4.22. The van der Waals surface area contributed by atoms with Crippen molar-refractivity contribution in [3.63, 3.8) is 0 Å². The Hall–Kier alpha value is -2.76. The standard InChI is InChI=1S/C15H16N2O4/c1-9(11-4-5-13(18)14(8-11)20-3)16-17-15(19)12-6-7-21-10(12)2/h4-8,18H,1-3H3,(H,17,19). The maximum atomic E-state index is 11.9. The number of amides is 1. The van der Waals surface area contributed by atoms with Crippen molar-refractivity contribution in [2.45, 2.75) is 13.8 Å². The van der Waals surface area contributed by atoms with Crippen LogP contribution in [0.3, 0.4) is 0 Å². The third kappa shape index (κ3) is 3.22. The molecule has 110 valence electrons. The maximum Gasteiger partial charge on any atom is 0.274 e. The zero-order valence-corrected chi connectivity index (χ0v) is 12.0. The topological polar surface area (TPSA) is 84.1 Å². The highest BCUT2D eigenvalue weighted by molar-refractivity contribution is 6.01. The molecule has 2 rings (SSSR count). The summed E-state index contributed by atoms with van der Waals surface area (Å²) in [7, 11) is 1.47. The second kappa shape index (κ2) is 6.13. The van der Waals surface area contributed by atoms with Gasteiger partial charge in [0.1, 0.15) is 5.76 Å². The van der Waals surface area contributed by atoms with Gasteiger partial charge in [-0.25, -0.2) is 5.43 Å². The summed E-state index contributed by atoms with van der Waals surface area (Å²) in [5.74, 6) is 0.587. The first-order valence-electron chi connectivity index (χ1n) is 6.29. The lowest BCUT2D eigenvalue weighted by Gasteiger charge is -2.06. The van der Waals surface area contributed by atoms with Gasteiger partial charge in [-0.2, -0.15) is 5.10 Å². The normalized spacial score (nSPS) is 11.3. The Kier molecular flexibility index (Phi) is 4.27. The van der Waals surface area contributed by atoms with Gasteiger partial charge in [0.25, 0.3) is 5.91 Å². The van der Waals surface area contributed by atoms with Gasteiger partial charge >= 0.3 is 0 Å². The number of phenols is 1. The summed E-state index contributed by atoms with van der Waals surface area (Å²) < 4.78 is 10.1. The molecule has 0 aliphatic carbocycles. The van der Waals surface area contributed by atoms with E-state index in [1.807, 2.05) is 0 Å². The molecular formula is C15H16N2O4. The number of hydrazone groups is 1. The van der Waals surface area contributed by atoms with Gasteiger partial charge in [-0.1, -0.05) is 0 Å². The van der Waals surface area contributed by atoms with Crippen molar-refractivity contribution < 1.29 is 19.1 Å². The maximum absolute atomic E-state index is 11.9. The predicted octanol–water partition coefficient (Wildman–Crippen LogP) is 2.46. The smallest absolute Gasteiger partial charge is 0.274 e. The monoisotopic (exact) mass is 288 g/mol. The average molecular weight is 288 g/mol. The Bertz CT molecular complexity index is 689. The Morgan fingerprint density at radius 3 is 2.76 bits per heavy atom. The van der Waals surface area contributed by atoms with E-state index in [2.05, 4.69) is 10.5 Å². The number of aryl methyl sites for hydroxylation is 1. The molecule has 21 heavy (non-hydrogen) atoms. The number of carbonyl (C=O) groups excluding carboxylic acids is 1. The number of carbonyl (C=O) groups is 1. The van der Waals surface area contributed by atoms with Gasteiger partial charge in [-0.15, -0.1) is 0 Å². The van der Waals surface area contributed by atoms with E-state index in [4.69, 9.17) is 9.15 Å². The number of phenolic OH excluding ortho intramolecular Hbond substituents is 1. The van der Waals surface area contributed by atoms with E-state index in [0.29, 0.717) is 22.8 Å². The highest BCUT2D eigenvalue weighted by Gasteiger charge is 2.11. The molecule has 6 heteroatoms. The fraction of sp³-hybridized carbons (Fsp3) is 0.200. The number of ether oxygens (including phenoxy) is 1. The molecule has 0 fully saturated rings. The van der Waals surface area contributed by atoms with Crippen LogP contribution in [0.1, 0.15) is 28.6 Å². The molecule has 0 saturated carbocycles. The summed E-state index contributed by atoms with van der Waals surface area (Å²) >= 11 is 0. The molecule has 0 saturated heterocycles. The number of hydrogen-bond acceptors (Lipinski definition) is 5. The number of benzene rings is 1. The molecule has 0 radical (unpaired) electrons. The van der Waals surface area contributed by atoms with Crippen LogP contribution in [0.25, 0.3) is 0 Å². The van der Waals surface area contributed by atoms with Crippen LogP contribution in [0.2, 0.25) is 0 Å². The lowest BCUT2D eigenvalue weighted by atomic mass is 10.1. The second-order valence-electron chi connectivity index (χ2n) is 4.42. The minimum Gasteiger partial charge on any atom is -0.504 e. The SMILES string of the molecule is COc1cc(C(C)=NNC(=O)c2ccoc2C)ccc1O. The predicted molar refractivity (Wildman–Crippen MR) is 77.8 cm³/mol. The fourth-order valence-corrected chi connectivity index (χ4v) is 1.78. The van der Waals surface area contributed by atoms with E-state index in [1.54, 1.807) is 32.0 Å². The van der Waals surface area contributed by atoms with Gasteiger partial charge in [0.15, 0.2) is 11.5 Å². The summed E-state index contributed by atoms with van der Waals surface area (Å²) in [6.45, 7) is 3.45. The van der Waals surface area contributed by atoms with E-state index in [1.165, 1.54) is 19.4 Å². The zero-order valence-electron chi connectivity index (χ0n) is 12.0. The molecule has 0 aliphatic rings. The van der Waals surface area contributed by atoms with E-state index in [0.717, 1.165) is 5.56 Å². The van der Waals surface area contributed by atoms with Crippen LogP contribution in [-0.2, 0) is 0 Å². The van der Waals surface area contributed by atoms with Crippen molar-refractivity contribution >= 4 is 11.6 Å². The van der Waals surface area contributed by atoms with Crippen LogP contribution in [-0.4, -0.2) is 23.8 Å². The minimum atomic E-state index is -0.341. The van der Waals surface area contributed by atoms with Crippen molar-refractivity contribution in [3.05, 3.63) is 47.4 Å². The van der Waals surface area contributed by atoms with Gasteiger partial charge in [0, 0.05) is 5.56 Å². The van der Waals surface area contributed by atoms with Crippen molar-refractivity contribution in [3.8, 4) is 11.5 Å². The number of nitrogens with one attached hydrogen (secondary N) is 1. The third-order valence-corrected chi connectivity index (χ3v) is 3.03. The molecule has 1 aromatic heterocycles. The fourth-order valence-electron chi connectivity index (χ4n) is 1.78. The van der Waals surface area contributed by atoms with Crippen LogP contribution < -0.4 is 10.2 Å². The molecule has 2 N–H and O–H groups in total. The van der Waals surface area contributed by atoms with Crippen LogP contribution in [0.15, 0.2) is 40.0 Å². The molecule has 2 aromatic rings. The Labute approximate surface area is 122 Å². The summed E-state index contributed by atoms with van der Waals surface area (Å²) in [4.78, 5) is 11.9. The first-order chi connectivity index (χ1) is 10.0. The van der Waals surface area contributed by atoms with Gasteiger partial charge in [-0.3, -0.25) is 4.79 Å². The number of nitrogens with zero attached hydrogens (tertiary/aromatic N) is 1. The third-order valence-electron chi connectivity index (χ3n) is 3.03. The molecule has 1 amide bonds. The van der Waals surface area contributed by atoms with Crippen LogP contribution >= 0.6 is 0 Å². The number of hydrogen-bond donors (Lipinski definition) is 2.